The Kier molecular flexibility index (Phi) is 6.69. The predicted molar refractivity (Wildman–Crippen MR) is 87.8 cm³/mol. The number of pyridine rings is 1. The molecule has 1 aromatic heterocycles. The van der Waals surface area contributed by atoms with Crippen LogP contribution in [0.3, 0.4) is 0 Å². The number of likely N-dealkylation sites (tertiary alicyclic amines) is 1. The number of rotatable bonds is 7. The average Bonchev–Trinajstić information content (AvgIpc) is 2.55. The normalized spacial score (nSPS) is 18.5. The highest BCUT2D eigenvalue weighted by molar-refractivity contribution is 5.79. The number of carbonyl (C=O) groups is 1. The quantitative estimate of drug-likeness (QED) is 0.772. The van der Waals surface area contributed by atoms with Crippen LogP contribution >= 0.6 is 0 Å². The fourth-order valence-electron chi connectivity index (χ4n) is 3.19. The lowest BCUT2D eigenvalue weighted by molar-refractivity contribution is -0.138. The van der Waals surface area contributed by atoms with Crippen molar-refractivity contribution in [2.45, 2.75) is 58.5 Å². The molecule has 0 N–H and O–H groups in total. The van der Waals surface area contributed by atoms with Gasteiger partial charge in [-0.2, -0.15) is 0 Å². The number of carbonyl (C=O) groups excluding carboxylic acids is 1. The first kappa shape index (κ1) is 16.8. The molecular formula is C18H28N2O2. The number of amides is 1. The summed E-state index contributed by atoms with van der Waals surface area (Å²) in [6.45, 7) is 5.90. The molecule has 0 aromatic carbocycles. The molecule has 1 fully saturated rings. The lowest BCUT2D eigenvalue weighted by Gasteiger charge is -2.35. The van der Waals surface area contributed by atoms with E-state index in [2.05, 4.69) is 18.8 Å². The van der Waals surface area contributed by atoms with Crippen molar-refractivity contribution >= 4 is 5.91 Å². The van der Waals surface area contributed by atoms with E-state index >= 15 is 0 Å². The molecule has 1 aliphatic heterocycles. The number of piperidine rings is 1. The van der Waals surface area contributed by atoms with Crippen LogP contribution in [0.1, 0.15) is 52.4 Å². The standard InChI is InChI=1S/C18H28N2O2/c1-3-6-15(7-4-2)18(21)20-13-5-8-17(14-20)22-16-9-11-19-12-10-16/h9-12,15,17H,3-8,13-14H2,1-2H3. The third kappa shape index (κ3) is 4.72. The van der Waals surface area contributed by atoms with Gasteiger partial charge in [0.2, 0.25) is 5.91 Å². The molecule has 4 nitrogen and oxygen atoms in total. The van der Waals surface area contributed by atoms with Crippen molar-refractivity contribution in [2.24, 2.45) is 5.92 Å². The Morgan fingerprint density at radius 2 is 2.00 bits per heavy atom. The van der Waals surface area contributed by atoms with Gasteiger partial charge in [-0.1, -0.05) is 26.7 Å². The molecule has 1 saturated heterocycles. The number of hydrogen-bond donors (Lipinski definition) is 0. The zero-order valence-corrected chi connectivity index (χ0v) is 13.8. The molecule has 0 aliphatic carbocycles. The Balaban J connectivity index is 1.92. The van der Waals surface area contributed by atoms with Gasteiger partial charge in [0, 0.05) is 24.9 Å². The molecule has 2 rings (SSSR count). The zero-order valence-electron chi connectivity index (χ0n) is 13.8. The summed E-state index contributed by atoms with van der Waals surface area (Å²) in [5.74, 6) is 1.36. The molecule has 122 valence electrons. The first-order valence-electron chi connectivity index (χ1n) is 8.60. The third-order valence-corrected chi connectivity index (χ3v) is 4.27. The molecule has 0 saturated carbocycles. The van der Waals surface area contributed by atoms with E-state index in [1.807, 2.05) is 17.0 Å². The highest BCUT2D eigenvalue weighted by Crippen LogP contribution is 2.22. The summed E-state index contributed by atoms with van der Waals surface area (Å²) < 4.78 is 6.00. The molecule has 1 amide bonds. The van der Waals surface area contributed by atoms with Gasteiger partial charge in [0.1, 0.15) is 11.9 Å². The van der Waals surface area contributed by atoms with E-state index in [0.29, 0.717) is 12.5 Å². The lowest BCUT2D eigenvalue weighted by atomic mass is 9.95. The first-order valence-corrected chi connectivity index (χ1v) is 8.60. The van der Waals surface area contributed by atoms with Crippen LogP contribution in [0.15, 0.2) is 24.5 Å². The van der Waals surface area contributed by atoms with Crippen molar-refractivity contribution in [2.75, 3.05) is 13.1 Å². The third-order valence-electron chi connectivity index (χ3n) is 4.27. The van der Waals surface area contributed by atoms with Gasteiger partial charge in [-0.3, -0.25) is 9.78 Å². The summed E-state index contributed by atoms with van der Waals surface area (Å²) in [6, 6.07) is 3.75. The molecule has 0 spiro atoms. The number of hydrogen-bond acceptors (Lipinski definition) is 3. The summed E-state index contributed by atoms with van der Waals surface area (Å²) in [6.07, 6.45) is 9.74. The maximum atomic E-state index is 12.7. The van der Waals surface area contributed by atoms with Crippen molar-refractivity contribution in [3.63, 3.8) is 0 Å². The molecule has 0 bridgehead atoms. The van der Waals surface area contributed by atoms with E-state index in [1.165, 1.54) is 0 Å². The Hall–Kier alpha value is -1.58. The summed E-state index contributed by atoms with van der Waals surface area (Å²) in [5.41, 5.74) is 0. The van der Waals surface area contributed by atoms with E-state index in [9.17, 15) is 4.79 Å². The number of nitrogens with zero attached hydrogens (tertiary/aromatic N) is 2. The summed E-state index contributed by atoms with van der Waals surface area (Å²) in [4.78, 5) is 18.8. The van der Waals surface area contributed by atoms with Crippen molar-refractivity contribution in [3.05, 3.63) is 24.5 Å². The van der Waals surface area contributed by atoms with Gasteiger partial charge in [-0.05, 0) is 37.8 Å². The minimum atomic E-state index is 0.101. The second-order valence-electron chi connectivity index (χ2n) is 6.12. The molecule has 1 atom stereocenters. The summed E-state index contributed by atoms with van der Waals surface area (Å²) in [7, 11) is 0. The fraction of sp³-hybridized carbons (Fsp3) is 0.667. The molecule has 2 heterocycles. The van der Waals surface area contributed by atoms with Gasteiger partial charge in [-0.25, -0.2) is 0 Å². The summed E-state index contributed by atoms with van der Waals surface area (Å²) >= 11 is 0. The van der Waals surface area contributed by atoms with Gasteiger partial charge < -0.3 is 9.64 Å². The Bertz CT molecular complexity index is 444. The first-order chi connectivity index (χ1) is 10.7. The van der Waals surface area contributed by atoms with Crippen molar-refractivity contribution in [3.8, 4) is 5.75 Å². The second-order valence-corrected chi connectivity index (χ2v) is 6.12. The average molecular weight is 304 g/mol. The largest absolute Gasteiger partial charge is 0.488 e. The minimum absolute atomic E-state index is 0.101. The van der Waals surface area contributed by atoms with Crippen LogP contribution in [-0.2, 0) is 4.79 Å². The van der Waals surface area contributed by atoms with Gasteiger partial charge >= 0.3 is 0 Å². The highest BCUT2D eigenvalue weighted by atomic mass is 16.5. The Morgan fingerprint density at radius 1 is 1.32 bits per heavy atom. The highest BCUT2D eigenvalue weighted by Gasteiger charge is 2.28. The van der Waals surface area contributed by atoms with Gasteiger partial charge in [-0.15, -0.1) is 0 Å². The smallest absolute Gasteiger partial charge is 0.225 e. The molecule has 22 heavy (non-hydrogen) atoms. The Labute approximate surface area is 133 Å². The van der Waals surface area contributed by atoms with Gasteiger partial charge in [0.25, 0.3) is 0 Å². The van der Waals surface area contributed by atoms with Crippen molar-refractivity contribution in [1.82, 2.24) is 9.88 Å². The number of ether oxygens (including phenoxy) is 1. The van der Waals surface area contributed by atoms with E-state index in [1.54, 1.807) is 12.4 Å². The lowest BCUT2D eigenvalue weighted by Crippen LogP contribution is -2.46. The van der Waals surface area contributed by atoms with Crippen LogP contribution in [0.5, 0.6) is 5.75 Å². The van der Waals surface area contributed by atoms with Gasteiger partial charge in [0.15, 0.2) is 0 Å². The van der Waals surface area contributed by atoms with Crippen LogP contribution in [0.25, 0.3) is 0 Å². The van der Waals surface area contributed by atoms with Crippen LogP contribution in [0.2, 0.25) is 0 Å². The van der Waals surface area contributed by atoms with E-state index < -0.39 is 0 Å². The topological polar surface area (TPSA) is 42.4 Å². The molecule has 1 aliphatic rings. The van der Waals surface area contributed by atoms with Crippen molar-refractivity contribution in [1.29, 1.82) is 0 Å². The van der Waals surface area contributed by atoms with Crippen LogP contribution in [0.4, 0.5) is 0 Å². The van der Waals surface area contributed by atoms with Crippen molar-refractivity contribution < 1.29 is 9.53 Å². The predicted octanol–water partition coefficient (Wildman–Crippen LogP) is 3.67. The maximum absolute atomic E-state index is 12.7. The SMILES string of the molecule is CCCC(CCC)C(=O)N1CCCC(Oc2ccncc2)C1. The van der Waals surface area contributed by atoms with Crippen LogP contribution < -0.4 is 4.74 Å². The minimum Gasteiger partial charge on any atom is -0.488 e. The second kappa shape index (κ2) is 8.76. The van der Waals surface area contributed by atoms with E-state index in [4.69, 9.17) is 4.74 Å². The van der Waals surface area contributed by atoms with Gasteiger partial charge in [0.05, 0.1) is 6.54 Å². The van der Waals surface area contributed by atoms with Crippen LogP contribution in [-0.4, -0.2) is 35.0 Å². The molecule has 0 radical (unpaired) electrons. The molecule has 1 unspecified atom stereocenters. The molecular weight excluding hydrogens is 276 g/mol. The fourth-order valence-corrected chi connectivity index (χ4v) is 3.19. The summed E-state index contributed by atoms with van der Waals surface area (Å²) in [5, 5.41) is 0. The molecule has 1 aromatic rings. The Morgan fingerprint density at radius 3 is 2.64 bits per heavy atom. The van der Waals surface area contributed by atoms with E-state index in [0.717, 1.165) is 50.8 Å². The maximum Gasteiger partial charge on any atom is 0.225 e. The number of aromatic nitrogens is 1. The van der Waals surface area contributed by atoms with E-state index in [-0.39, 0.29) is 12.0 Å². The zero-order chi connectivity index (χ0) is 15.8. The molecule has 4 heteroatoms. The van der Waals surface area contributed by atoms with Crippen LogP contribution in [0, 0.1) is 5.92 Å². The monoisotopic (exact) mass is 304 g/mol.